The van der Waals surface area contributed by atoms with Gasteiger partial charge in [-0.1, -0.05) is 30.3 Å². The Morgan fingerprint density at radius 1 is 0.763 bits per heavy atom. The van der Waals surface area contributed by atoms with Gasteiger partial charge in [0.1, 0.15) is 24.7 Å². The number of likely N-dealkylation sites (tertiary alicyclic amines) is 1. The van der Waals surface area contributed by atoms with Gasteiger partial charge in [0, 0.05) is 30.9 Å². The zero-order valence-corrected chi connectivity index (χ0v) is 21.4. The van der Waals surface area contributed by atoms with Gasteiger partial charge in [0.25, 0.3) is 0 Å². The maximum Gasteiger partial charge on any atom is 0.156 e. The maximum absolute atomic E-state index is 6.02. The van der Waals surface area contributed by atoms with Crippen molar-refractivity contribution in [3.8, 4) is 22.8 Å². The van der Waals surface area contributed by atoms with Crippen LogP contribution in [0.2, 0.25) is 0 Å². The molecular weight excluding hydrogens is 474 g/mol. The van der Waals surface area contributed by atoms with Crippen molar-refractivity contribution >= 4 is 5.65 Å². The number of rotatable bonds is 10. The average Bonchev–Trinajstić information content (AvgIpc) is 3.63. The summed E-state index contributed by atoms with van der Waals surface area (Å²) in [6.07, 6.45) is 6.82. The fourth-order valence-corrected chi connectivity index (χ4v) is 4.82. The molecule has 4 heterocycles. The lowest BCUT2D eigenvalue weighted by Crippen LogP contribution is -2.25. The Hall–Kier alpha value is -4.23. The Balaban J connectivity index is 1.13. The Kier molecular flexibility index (Phi) is 7.26. The summed E-state index contributed by atoms with van der Waals surface area (Å²) in [4.78, 5) is 11.3. The molecule has 1 saturated heterocycles. The number of fused-ring (bicyclic) bond motifs is 1. The van der Waals surface area contributed by atoms with Crippen LogP contribution in [0.3, 0.4) is 0 Å². The molecule has 6 rings (SSSR count). The fourth-order valence-electron chi connectivity index (χ4n) is 4.82. The molecular formula is C31H31N5O2. The van der Waals surface area contributed by atoms with Crippen LogP contribution in [0.4, 0.5) is 0 Å². The van der Waals surface area contributed by atoms with E-state index in [-0.39, 0.29) is 0 Å². The number of pyridine rings is 2. The standard InChI is InChI=1S/C31H31N5O2/c1-2-18-35(17-1)19-20-37-27-11-9-24(10-12-27)21-30-33-31-8-4-7-29(36(31)34-30)26-5-3-6-28(22-26)38-23-25-13-15-32-16-14-25/h3-16,22H,1-2,17-21,23H2. The predicted molar refractivity (Wildman–Crippen MR) is 147 cm³/mol. The highest BCUT2D eigenvalue weighted by molar-refractivity contribution is 5.64. The lowest BCUT2D eigenvalue weighted by molar-refractivity contribution is 0.238. The van der Waals surface area contributed by atoms with E-state index in [0.717, 1.165) is 58.5 Å². The van der Waals surface area contributed by atoms with E-state index in [1.807, 2.05) is 59.1 Å². The van der Waals surface area contributed by atoms with Gasteiger partial charge in [-0.15, -0.1) is 0 Å². The van der Waals surface area contributed by atoms with Gasteiger partial charge in [0.05, 0.1) is 5.69 Å². The molecule has 3 aromatic heterocycles. The van der Waals surface area contributed by atoms with Crippen molar-refractivity contribution in [1.82, 2.24) is 24.5 Å². The molecule has 5 aromatic rings. The lowest BCUT2D eigenvalue weighted by atomic mass is 10.1. The molecule has 0 N–H and O–H groups in total. The SMILES string of the molecule is c1cc(OCc2ccncc2)cc(-c2cccc3nc(Cc4ccc(OCCN5CCCC5)cc4)nn23)c1. The Labute approximate surface area is 222 Å². The quantitative estimate of drug-likeness (QED) is 0.252. The molecule has 0 radical (unpaired) electrons. The highest BCUT2D eigenvalue weighted by Crippen LogP contribution is 2.25. The largest absolute Gasteiger partial charge is 0.492 e. The molecule has 7 nitrogen and oxygen atoms in total. The zero-order valence-electron chi connectivity index (χ0n) is 21.4. The summed E-state index contributed by atoms with van der Waals surface area (Å²) in [5.74, 6) is 2.49. The molecule has 0 saturated carbocycles. The maximum atomic E-state index is 6.02. The van der Waals surface area contributed by atoms with E-state index >= 15 is 0 Å². The first-order chi connectivity index (χ1) is 18.8. The summed E-state index contributed by atoms with van der Waals surface area (Å²) in [6, 6.07) is 26.3. The second kappa shape index (κ2) is 11.4. The van der Waals surface area contributed by atoms with Gasteiger partial charge in [0.2, 0.25) is 0 Å². The van der Waals surface area contributed by atoms with Crippen molar-refractivity contribution in [2.24, 2.45) is 0 Å². The van der Waals surface area contributed by atoms with E-state index in [0.29, 0.717) is 13.0 Å². The van der Waals surface area contributed by atoms with Gasteiger partial charge in [-0.3, -0.25) is 9.88 Å². The summed E-state index contributed by atoms with van der Waals surface area (Å²) in [7, 11) is 0. The highest BCUT2D eigenvalue weighted by Gasteiger charge is 2.12. The molecule has 0 atom stereocenters. The summed E-state index contributed by atoms with van der Waals surface area (Å²) in [6.45, 7) is 4.61. The molecule has 0 amide bonds. The summed E-state index contributed by atoms with van der Waals surface area (Å²) >= 11 is 0. The van der Waals surface area contributed by atoms with Crippen molar-refractivity contribution in [3.63, 3.8) is 0 Å². The Bertz CT molecular complexity index is 1480. The van der Waals surface area contributed by atoms with E-state index in [1.54, 1.807) is 12.4 Å². The lowest BCUT2D eigenvalue weighted by Gasteiger charge is -2.14. The van der Waals surface area contributed by atoms with Crippen LogP contribution in [0.5, 0.6) is 11.5 Å². The first kappa shape index (κ1) is 24.1. The van der Waals surface area contributed by atoms with Gasteiger partial charge in [-0.05, 0) is 85.6 Å². The molecule has 1 aliphatic rings. The van der Waals surface area contributed by atoms with Gasteiger partial charge < -0.3 is 9.47 Å². The zero-order chi connectivity index (χ0) is 25.6. The molecule has 0 bridgehead atoms. The first-order valence-electron chi connectivity index (χ1n) is 13.2. The van der Waals surface area contributed by atoms with Crippen molar-refractivity contribution in [1.29, 1.82) is 0 Å². The van der Waals surface area contributed by atoms with Crippen molar-refractivity contribution in [3.05, 3.63) is 108 Å². The molecule has 0 spiro atoms. The minimum atomic E-state index is 0.492. The number of nitrogens with zero attached hydrogens (tertiary/aromatic N) is 5. The van der Waals surface area contributed by atoms with Crippen LogP contribution in [0, 0.1) is 0 Å². The molecule has 0 aliphatic carbocycles. The van der Waals surface area contributed by atoms with Gasteiger partial charge >= 0.3 is 0 Å². The van der Waals surface area contributed by atoms with Crippen molar-refractivity contribution in [2.45, 2.75) is 25.9 Å². The van der Waals surface area contributed by atoms with Crippen LogP contribution in [-0.4, -0.2) is 50.7 Å². The molecule has 1 fully saturated rings. The van der Waals surface area contributed by atoms with Crippen LogP contribution in [0.25, 0.3) is 16.9 Å². The van der Waals surface area contributed by atoms with E-state index in [1.165, 1.54) is 25.9 Å². The van der Waals surface area contributed by atoms with Crippen LogP contribution in [0.1, 0.15) is 29.8 Å². The van der Waals surface area contributed by atoms with E-state index in [2.05, 4.69) is 34.1 Å². The van der Waals surface area contributed by atoms with Crippen LogP contribution in [0.15, 0.2) is 91.3 Å². The second-order valence-electron chi connectivity index (χ2n) is 9.60. The van der Waals surface area contributed by atoms with Crippen LogP contribution in [-0.2, 0) is 13.0 Å². The Morgan fingerprint density at radius 2 is 1.58 bits per heavy atom. The molecule has 2 aromatic carbocycles. The van der Waals surface area contributed by atoms with E-state index < -0.39 is 0 Å². The highest BCUT2D eigenvalue weighted by atomic mass is 16.5. The minimum Gasteiger partial charge on any atom is -0.492 e. The molecule has 1 aliphatic heterocycles. The minimum absolute atomic E-state index is 0.492. The van der Waals surface area contributed by atoms with Crippen LogP contribution < -0.4 is 9.47 Å². The number of hydrogen-bond donors (Lipinski definition) is 0. The molecule has 38 heavy (non-hydrogen) atoms. The van der Waals surface area contributed by atoms with Gasteiger partial charge in [-0.2, -0.15) is 5.10 Å². The average molecular weight is 506 g/mol. The summed E-state index contributed by atoms with van der Waals surface area (Å²) in [5, 5.41) is 4.84. The molecule has 7 heteroatoms. The topological polar surface area (TPSA) is 64.8 Å². The normalized spacial score (nSPS) is 13.7. The summed E-state index contributed by atoms with van der Waals surface area (Å²) < 4.78 is 13.9. The monoisotopic (exact) mass is 505 g/mol. The van der Waals surface area contributed by atoms with Gasteiger partial charge in [0.15, 0.2) is 11.5 Å². The number of benzene rings is 2. The third-order valence-electron chi connectivity index (χ3n) is 6.85. The third-order valence-corrected chi connectivity index (χ3v) is 6.85. The number of ether oxygens (including phenoxy) is 2. The molecule has 192 valence electrons. The molecule has 0 unspecified atom stereocenters. The third kappa shape index (κ3) is 5.84. The first-order valence-corrected chi connectivity index (χ1v) is 13.2. The van der Waals surface area contributed by atoms with Crippen molar-refractivity contribution in [2.75, 3.05) is 26.2 Å². The van der Waals surface area contributed by atoms with E-state index in [4.69, 9.17) is 19.6 Å². The number of aromatic nitrogens is 4. The number of hydrogen-bond acceptors (Lipinski definition) is 6. The second-order valence-corrected chi connectivity index (χ2v) is 9.60. The van der Waals surface area contributed by atoms with Crippen LogP contribution >= 0.6 is 0 Å². The van der Waals surface area contributed by atoms with Crippen molar-refractivity contribution < 1.29 is 9.47 Å². The summed E-state index contributed by atoms with van der Waals surface area (Å²) in [5.41, 5.74) is 5.05. The van der Waals surface area contributed by atoms with Gasteiger partial charge in [-0.25, -0.2) is 9.50 Å². The van der Waals surface area contributed by atoms with E-state index in [9.17, 15) is 0 Å². The Morgan fingerprint density at radius 3 is 2.42 bits per heavy atom. The predicted octanol–water partition coefficient (Wildman–Crippen LogP) is 5.44. The fraction of sp³-hybridized carbons (Fsp3) is 0.258. The smallest absolute Gasteiger partial charge is 0.156 e.